The fourth-order valence-electron chi connectivity index (χ4n) is 3.59. The Morgan fingerprint density at radius 2 is 1.61 bits per heavy atom. The summed E-state index contributed by atoms with van der Waals surface area (Å²) in [6.07, 6.45) is 1.64. The van der Waals surface area contributed by atoms with Gasteiger partial charge in [0.1, 0.15) is 11.5 Å². The summed E-state index contributed by atoms with van der Waals surface area (Å²) >= 11 is 0. The van der Waals surface area contributed by atoms with Crippen molar-refractivity contribution in [2.45, 2.75) is 6.92 Å². The zero-order chi connectivity index (χ0) is 22.1. The first-order valence-electron chi connectivity index (χ1n) is 9.77. The lowest BCUT2D eigenvalue weighted by atomic mass is 10.1. The zero-order valence-corrected chi connectivity index (χ0v) is 17.1. The smallest absolute Gasteiger partial charge is 0.289 e. The number of nitro benzene ring substituents is 1. The van der Waals surface area contributed by atoms with Crippen LogP contribution in [0.2, 0.25) is 0 Å². The second-order valence-electron chi connectivity index (χ2n) is 7.36. The molecular weight excluding hydrogens is 402 g/mol. The van der Waals surface area contributed by atoms with Gasteiger partial charge in [0, 0.05) is 57.1 Å². The summed E-state index contributed by atoms with van der Waals surface area (Å²) in [7, 11) is 1.72. The van der Waals surface area contributed by atoms with E-state index in [1.54, 1.807) is 58.9 Å². The van der Waals surface area contributed by atoms with Crippen LogP contribution in [0.4, 0.5) is 5.69 Å². The van der Waals surface area contributed by atoms with Crippen molar-refractivity contribution in [2.24, 2.45) is 7.05 Å². The van der Waals surface area contributed by atoms with E-state index >= 15 is 0 Å². The third-order valence-corrected chi connectivity index (χ3v) is 5.22. The molecule has 3 aromatic rings. The molecule has 1 aliphatic rings. The minimum Gasteiger partial charge on any atom is -0.456 e. The highest BCUT2D eigenvalue weighted by molar-refractivity contribution is 6.00. The molecule has 10 heteroatoms. The average molecular weight is 423 g/mol. The van der Waals surface area contributed by atoms with Crippen molar-refractivity contribution in [1.29, 1.82) is 0 Å². The van der Waals surface area contributed by atoms with Crippen LogP contribution in [0.25, 0.3) is 11.3 Å². The molecule has 0 bridgehead atoms. The molecule has 4 rings (SSSR count). The standard InChI is InChI=1S/C21H21N5O5/c1-14-3-8-18(31-14)21(28)25-11-9-24(10-12-25)20(27)17-13-23(2)22-19(17)15-4-6-16(7-5-15)26(29)30/h3-8,13H,9-12H2,1-2H3. The Morgan fingerprint density at radius 3 is 2.16 bits per heavy atom. The molecular formula is C21H21N5O5. The van der Waals surface area contributed by atoms with Crippen molar-refractivity contribution in [2.75, 3.05) is 26.2 Å². The van der Waals surface area contributed by atoms with Crippen molar-refractivity contribution in [1.82, 2.24) is 19.6 Å². The van der Waals surface area contributed by atoms with Gasteiger partial charge in [0.15, 0.2) is 5.76 Å². The second-order valence-corrected chi connectivity index (χ2v) is 7.36. The van der Waals surface area contributed by atoms with E-state index in [4.69, 9.17) is 4.42 Å². The fraction of sp³-hybridized carbons (Fsp3) is 0.286. The highest BCUT2D eigenvalue weighted by atomic mass is 16.6. The molecule has 2 aromatic heterocycles. The first kappa shape index (κ1) is 20.3. The van der Waals surface area contributed by atoms with Crippen LogP contribution in [0.3, 0.4) is 0 Å². The van der Waals surface area contributed by atoms with Crippen LogP contribution in [0.15, 0.2) is 47.0 Å². The Hall–Kier alpha value is -3.95. The number of aryl methyl sites for hydroxylation is 2. The van der Waals surface area contributed by atoms with Gasteiger partial charge in [0.25, 0.3) is 17.5 Å². The number of nitrogens with zero attached hydrogens (tertiary/aromatic N) is 5. The van der Waals surface area contributed by atoms with Gasteiger partial charge in [0.05, 0.1) is 10.5 Å². The van der Waals surface area contributed by atoms with Crippen LogP contribution in [0, 0.1) is 17.0 Å². The molecule has 0 radical (unpaired) electrons. The molecule has 0 atom stereocenters. The minimum atomic E-state index is -0.473. The zero-order valence-electron chi connectivity index (χ0n) is 17.1. The molecule has 2 amide bonds. The van der Waals surface area contributed by atoms with E-state index in [0.717, 1.165) is 0 Å². The molecule has 1 fully saturated rings. The molecule has 1 aliphatic heterocycles. The summed E-state index contributed by atoms with van der Waals surface area (Å²) in [5.41, 5.74) is 1.47. The number of carbonyl (C=O) groups excluding carboxylic acids is 2. The number of carbonyl (C=O) groups is 2. The number of hydrogen-bond donors (Lipinski definition) is 0. The Labute approximate surface area is 177 Å². The molecule has 160 valence electrons. The van der Waals surface area contributed by atoms with Gasteiger partial charge in [-0.25, -0.2) is 0 Å². The third kappa shape index (κ3) is 4.04. The topological polar surface area (TPSA) is 115 Å². The van der Waals surface area contributed by atoms with Crippen molar-refractivity contribution < 1.29 is 18.9 Å². The van der Waals surface area contributed by atoms with E-state index in [-0.39, 0.29) is 17.5 Å². The van der Waals surface area contributed by atoms with Gasteiger partial charge in [-0.3, -0.25) is 24.4 Å². The van der Waals surface area contributed by atoms with Crippen LogP contribution in [0.5, 0.6) is 0 Å². The predicted molar refractivity (Wildman–Crippen MR) is 111 cm³/mol. The Balaban J connectivity index is 1.48. The van der Waals surface area contributed by atoms with Crippen LogP contribution in [-0.4, -0.2) is 62.5 Å². The summed E-state index contributed by atoms with van der Waals surface area (Å²) in [6.45, 7) is 3.36. The Morgan fingerprint density at radius 1 is 1.00 bits per heavy atom. The monoisotopic (exact) mass is 423 g/mol. The van der Waals surface area contributed by atoms with E-state index in [2.05, 4.69) is 5.10 Å². The molecule has 1 aromatic carbocycles. The van der Waals surface area contributed by atoms with Crippen molar-refractivity contribution in [3.8, 4) is 11.3 Å². The molecule has 0 N–H and O–H groups in total. The van der Waals surface area contributed by atoms with Crippen molar-refractivity contribution >= 4 is 17.5 Å². The highest BCUT2D eigenvalue weighted by Crippen LogP contribution is 2.26. The number of furan rings is 1. The summed E-state index contributed by atoms with van der Waals surface area (Å²) in [5.74, 6) is 0.591. The fourth-order valence-corrected chi connectivity index (χ4v) is 3.59. The number of piperazine rings is 1. The predicted octanol–water partition coefficient (Wildman–Crippen LogP) is 2.49. The van der Waals surface area contributed by atoms with E-state index in [1.165, 1.54) is 12.1 Å². The van der Waals surface area contributed by atoms with E-state index in [0.29, 0.717) is 54.5 Å². The van der Waals surface area contributed by atoms with E-state index < -0.39 is 4.92 Å². The van der Waals surface area contributed by atoms with Gasteiger partial charge < -0.3 is 14.2 Å². The largest absolute Gasteiger partial charge is 0.456 e. The Kier molecular flexibility index (Phi) is 5.28. The van der Waals surface area contributed by atoms with Gasteiger partial charge in [-0.05, 0) is 31.2 Å². The number of nitro groups is 1. The lowest BCUT2D eigenvalue weighted by molar-refractivity contribution is -0.384. The summed E-state index contributed by atoms with van der Waals surface area (Å²) < 4.78 is 6.95. The first-order chi connectivity index (χ1) is 14.8. The number of rotatable bonds is 4. The lowest BCUT2D eigenvalue weighted by Crippen LogP contribution is -2.50. The summed E-state index contributed by atoms with van der Waals surface area (Å²) in [6, 6.07) is 9.34. The van der Waals surface area contributed by atoms with E-state index in [1.807, 2.05) is 0 Å². The van der Waals surface area contributed by atoms with Crippen LogP contribution in [-0.2, 0) is 7.05 Å². The quantitative estimate of drug-likeness (QED) is 0.470. The highest BCUT2D eigenvalue weighted by Gasteiger charge is 2.29. The molecule has 1 saturated heterocycles. The van der Waals surface area contributed by atoms with Gasteiger partial charge in [-0.1, -0.05) is 0 Å². The second kappa shape index (κ2) is 8.05. The molecule has 0 aliphatic carbocycles. The van der Waals surface area contributed by atoms with E-state index in [9.17, 15) is 19.7 Å². The number of non-ortho nitro benzene ring substituents is 1. The molecule has 3 heterocycles. The van der Waals surface area contributed by atoms with Gasteiger partial charge in [-0.2, -0.15) is 5.10 Å². The SMILES string of the molecule is Cc1ccc(C(=O)N2CCN(C(=O)c3cn(C)nc3-c3ccc([N+](=O)[O-])cc3)CC2)o1. The molecule has 0 unspecified atom stereocenters. The first-order valence-corrected chi connectivity index (χ1v) is 9.77. The van der Waals surface area contributed by atoms with Crippen LogP contribution >= 0.6 is 0 Å². The number of amides is 2. The average Bonchev–Trinajstić information content (AvgIpc) is 3.38. The van der Waals surface area contributed by atoms with Crippen LogP contribution < -0.4 is 0 Å². The minimum absolute atomic E-state index is 0.0277. The van der Waals surface area contributed by atoms with Crippen LogP contribution in [0.1, 0.15) is 26.7 Å². The van der Waals surface area contributed by atoms with Crippen molar-refractivity contribution in [3.05, 3.63) is 69.8 Å². The van der Waals surface area contributed by atoms with Gasteiger partial charge in [0.2, 0.25) is 0 Å². The molecule has 0 spiro atoms. The molecule has 10 nitrogen and oxygen atoms in total. The lowest BCUT2D eigenvalue weighted by Gasteiger charge is -2.34. The molecule has 31 heavy (non-hydrogen) atoms. The maximum atomic E-state index is 13.2. The number of benzene rings is 1. The Bertz CT molecular complexity index is 1140. The normalized spacial score (nSPS) is 14.0. The van der Waals surface area contributed by atoms with Gasteiger partial charge in [-0.15, -0.1) is 0 Å². The third-order valence-electron chi connectivity index (χ3n) is 5.22. The summed E-state index contributed by atoms with van der Waals surface area (Å²) in [4.78, 5) is 39.5. The maximum absolute atomic E-state index is 13.2. The number of aromatic nitrogens is 2. The summed E-state index contributed by atoms with van der Waals surface area (Å²) in [5, 5.41) is 15.3. The maximum Gasteiger partial charge on any atom is 0.289 e. The van der Waals surface area contributed by atoms with Crippen molar-refractivity contribution in [3.63, 3.8) is 0 Å². The van der Waals surface area contributed by atoms with Gasteiger partial charge >= 0.3 is 0 Å². The number of hydrogen-bond acceptors (Lipinski definition) is 6. The molecule has 0 saturated carbocycles.